The van der Waals surface area contributed by atoms with Gasteiger partial charge in [-0.3, -0.25) is 4.79 Å². The summed E-state index contributed by atoms with van der Waals surface area (Å²) in [5.41, 5.74) is 1.38. The van der Waals surface area contributed by atoms with Crippen molar-refractivity contribution in [2.75, 3.05) is 44.5 Å². The number of likely N-dealkylation sites (tertiary alicyclic amines) is 1. The molecule has 2 aromatic rings. The molecule has 3 rings (SSSR count). The summed E-state index contributed by atoms with van der Waals surface area (Å²) in [7, 11) is 5.12. The third kappa shape index (κ3) is 6.88. The first-order valence-electron chi connectivity index (χ1n) is 11.4. The monoisotopic (exact) mass is 503 g/mol. The molecule has 1 aromatic carbocycles. The molecule has 0 unspecified atom stereocenters. The smallest absolute Gasteiger partial charge is 0.410 e. The average Bonchev–Trinajstić information content (AvgIpc) is 3.25. The molecular weight excluding hydrogens is 470 g/mol. The molecule has 1 aromatic heterocycles. The highest BCUT2D eigenvalue weighted by molar-refractivity contribution is 7.08. The van der Waals surface area contributed by atoms with Crippen LogP contribution in [-0.4, -0.2) is 68.9 Å². The number of carbonyl (C=O) groups excluding carboxylic acids is 3. The van der Waals surface area contributed by atoms with Gasteiger partial charge in [0.15, 0.2) is 0 Å². The number of thiophene rings is 1. The van der Waals surface area contributed by atoms with Crippen molar-refractivity contribution in [1.29, 1.82) is 0 Å². The fraction of sp³-hybridized carbons (Fsp3) is 0.480. The zero-order valence-corrected chi connectivity index (χ0v) is 21.9. The summed E-state index contributed by atoms with van der Waals surface area (Å²) in [6, 6.07) is 5.37. The van der Waals surface area contributed by atoms with Gasteiger partial charge >= 0.3 is 12.1 Å². The van der Waals surface area contributed by atoms with E-state index in [0.717, 1.165) is 5.69 Å². The van der Waals surface area contributed by atoms with Crippen molar-refractivity contribution < 1.29 is 28.6 Å². The number of hydrogen-bond donors (Lipinski definition) is 1. The lowest BCUT2D eigenvalue weighted by Gasteiger charge is -2.33. The van der Waals surface area contributed by atoms with E-state index in [1.54, 1.807) is 21.7 Å². The van der Waals surface area contributed by atoms with E-state index in [-0.39, 0.29) is 18.1 Å². The molecule has 0 radical (unpaired) electrons. The summed E-state index contributed by atoms with van der Waals surface area (Å²) < 4.78 is 16.5. The van der Waals surface area contributed by atoms with Gasteiger partial charge in [-0.1, -0.05) is 0 Å². The van der Waals surface area contributed by atoms with E-state index in [1.807, 2.05) is 51.9 Å². The summed E-state index contributed by atoms with van der Waals surface area (Å²) in [5, 5.41) is 6.12. The van der Waals surface area contributed by atoms with Gasteiger partial charge < -0.3 is 29.3 Å². The Morgan fingerprint density at radius 3 is 2.37 bits per heavy atom. The van der Waals surface area contributed by atoms with Crippen molar-refractivity contribution >= 4 is 40.7 Å². The van der Waals surface area contributed by atoms with Crippen molar-refractivity contribution in [3.63, 3.8) is 0 Å². The normalized spacial score (nSPS) is 14.3. The number of anilines is 2. The molecule has 0 spiro atoms. The van der Waals surface area contributed by atoms with Crippen LogP contribution in [0.2, 0.25) is 0 Å². The number of benzene rings is 1. The molecule has 0 aliphatic carbocycles. The van der Waals surface area contributed by atoms with Crippen LogP contribution in [0.5, 0.6) is 5.75 Å². The fourth-order valence-electron chi connectivity index (χ4n) is 3.59. The van der Waals surface area contributed by atoms with Crippen LogP contribution in [0.25, 0.3) is 0 Å². The van der Waals surface area contributed by atoms with E-state index >= 15 is 0 Å². The fourth-order valence-corrected chi connectivity index (χ4v) is 4.34. The first-order valence-corrected chi connectivity index (χ1v) is 12.3. The maximum atomic E-state index is 13.2. The predicted octanol–water partition coefficient (Wildman–Crippen LogP) is 4.63. The highest BCUT2D eigenvalue weighted by Gasteiger charge is 2.29. The van der Waals surface area contributed by atoms with Crippen molar-refractivity contribution in [3.8, 4) is 5.75 Å². The number of methoxy groups -OCH3 is 1. The highest BCUT2D eigenvalue weighted by atomic mass is 32.1. The Morgan fingerprint density at radius 1 is 1.09 bits per heavy atom. The van der Waals surface area contributed by atoms with Crippen molar-refractivity contribution in [2.24, 2.45) is 0 Å². The van der Waals surface area contributed by atoms with Crippen LogP contribution < -0.4 is 15.0 Å². The number of nitrogens with one attached hydrogen (secondary N) is 1. The summed E-state index contributed by atoms with van der Waals surface area (Å²) in [4.78, 5) is 41.1. The molecule has 0 saturated carbocycles. The van der Waals surface area contributed by atoms with Crippen LogP contribution in [0.3, 0.4) is 0 Å². The van der Waals surface area contributed by atoms with E-state index < -0.39 is 11.6 Å². The first-order chi connectivity index (χ1) is 16.5. The second-order valence-electron chi connectivity index (χ2n) is 9.50. The van der Waals surface area contributed by atoms with E-state index in [9.17, 15) is 14.4 Å². The number of amides is 2. The molecule has 10 heteroatoms. The second-order valence-corrected chi connectivity index (χ2v) is 10.2. The molecule has 2 amide bonds. The molecule has 190 valence electrons. The lowest BCUT2D eigenvalue weighted by molar-refractivity contribution is 0.0126. The molecule has 1 N–H and O–H groups in total. The summed E-state index contributed by atoms with van der Waals surface area (Å²) in [6.07, 6.45) is 0.736. The molecule has 35 heavy (non-hydrogen) atoms. The SMILES string of the molecule is COC(=O)c1cscc1NC(=O)c1ccc(N(C)C)cc1OC1CCN(C(=O)OC(C)(C)C)CC1. The molecule has 1 aliphatic rings. The third-order valence-electron chi connectivity index (χ3n) is 5.43. The Morgan fingerprint density at radius 2 is 1.77 bits per heavy atom. The predicted molar refractivity (Wildman–Crippen MR) is 136 cm³/mol. The summed E-state index contributed by atoms with van der Waals surface area (Å²) >= 11 is 1.30. The van der Waals surface area contributed by atoms with Gasteiger partial charge in [-0.15, -0.1) is 11.3 Å². The van der Waals surface area contributed by atoms with Crippen LogP contribution in [-0.2, 0) is 9.47 Å². The van der Waals surface area contributed by atoms with Crippen molar-refractivity contribution in [3.05, 3.63) is 40.1 Å². The van der Waals surface area contributed by atoms with Crippen LogP contribution in [0.4, 0.5) is 16.2 Å². The van der Waals surface area contributed by atoms with Gasteiger partial charge in [0.1, 0.15) is 17.5 Å². The number of nitrogens with zero attached hydrogens (tertiary/aromatic N) is 2. The summed E-state index contributed by atoms with van der Waals surface area (Å²) in [5.74, 6) is -0.461. The Labute approximate surface area is 209 Å². The van der Waals surface area contributed by atoms with E-state index in [2.05, 4.69) is 5.32 Å². The Balaban J connectivity index is 1.74. The van der Waals surface area contributed by atoms with Crippen LogP contribution in [0.15, 0.2) is 29.0 Å². The number of rotatable bonds is 6. The molecule has 1 fully saturated rings. The minimum atomic E-state index is -0.546. The van der Waals surface area contributed by atoms with E-state index in [4.69, 9.17) is 14.2 Å². The zero-order valence-electron chi connectivity index (χ0n) is 21.0. The van der Waals surface area contributed by atoms with Crippen LogP contribution in [0, 0.1) is 0 Å². The highest BCUT2D eigenvalue weighted by Crippen LogP contribution is 2.30. The van der Waals surface area contributed by atoms with Gasteiger partial charge in [-0.2, -0.15) is 0 Å². The minimum Gasteiger partial charge on any atom is -0.489 e. The van der Waals surface area contributed by atoms with Crippen LogP contribution >= 0.6 is 11.3 Å². The molecule has 2 heterocycles. The lowest BCUT2D eigenvalue weighted by Crippen LogP contribution is -2.44. The van der Waals surface area contributed by atoms with Gasteiger partial charge in [0, 0.05) is 62.5 Å². The number of esters is 1. The topological polar surface area (TPSA) is 97.4 Å². The van der Waals surface area contributed by atoms with Gasteiger partial charge in [0.05, 0.1) is 23.9 Å². The molecule has 9 nitrogen and oxygen atoms in total. The zero-order chi connectivity index (χ0) is 25.8. The van der Waals surface area contributed by atoms with Crippen LogP contribution in [0.1, 0.15) is 54.3 Å². The maximum absolute atomic E-state index is 13.2. The minimum absolute atomic E-state index is 0.163. The number of piperidine rings is 1. The number of carbonyl (C=O) groups is 3. The van der Waals surface area contributed by atoms with Gasteiger partial charge in [0.2, 0.25) is 0 Å². The Kier molecular flexibility index (Phi) is 8.26. The Bertz CT molecular complexity index is 1070. The maximum Gasteiger partial charge on any atom is 0.410 e. The molecular formula is C25H33N3O6S. The van der Waals surface area contributed by atoms with Gasteiger partial charge in [0.25, 0.3) is 5.91 Å². The van der Waals surface area contributed by atoms with Gasteiger partial charge in [-0.25, -0.2) is 9.59 Å². The molecule has 0 bridgehead atoms. The molecule has 1 saturated heterocycles. The second kappa shape index (κ2) is 11.0. The number of ether oxygens (including phenoxy) is 3. The number of hydrogen-bond acceptors (Lipinski definition) is 8. The average molecular weight is 504 g/mol. The summed E-state index contributed by atoms with van der Waals surface area (Å²) in [6.45, 7) is 6.54. The largest absolute Gasteiger partial charge is 0.489 e. The molecule has 1 aliphatic heterocycles. The first kappa shape index (κ1) is 26.3. The Hall–Kier alpha value is -3.27. The lowest BCUT2D eigenvalue weighted by atomic mass is 10.1. The van der Waals surface area contributed by atoms with Crippen molar-refractivity contribution in [1.82, 2.24) is 4.90 Å². The third-order valence-corrected chi connectivity index (χ3v) is 6.17. The molecule has 0 atom stereocenters. The van der Waals surface area contributed by atoms with E-state index in [1.165, 1.54) is 18.4 Å². The standard InChI is InChI=1S/C25H33N3O6S/c1-25(2,3)34-24(31)28-11-9-17(10-12-28)33-21-13-16(27(4)5)7-8-18(21)22(29)26-20-15-35-14-19(20)23(30)32-6/h7-8,13-15,17H,9-12H2,1-6H3,(H,26,29). The quantitative estimate of drug-likeness (QED) is 0.574. The van der Waals surface area contributed by atoms with Gasteiger partial charge in [-0.05, 0) is 32.9 Å². The van der Waals surface area contributed by atoms with Crippen molar-refractivity contribution in [2.45, 2.75) is 45.3 Å². The van der Waals surface area contributed by atoms with E-state index in [0.29, 0.717) is 48.5 Å².